The van der Waals surface area contributed by atoms with Gasteiger partial charge in [-0.15, -0.1) is 0 Å². The number of hydrogen-bond acceptors (Lipinski definition) is 4. The molecule has 4 N–H and O–H groups in total. The van der Waals surface area contributed by atoms with Gasteiger partial charge >= 0.3 is 23.9 Å². The second-order valence-corrected chi connectivity index (χ2v) is 4.25. The van der Waals surface area contributed by atoms with Crippen LogP contribution >= 0.6 is 0 Å². The summed E-state index contributed by atoms with van der Waals surface area (Å²) in [6, 6.07) is 0. The molecule has 0 aromatic rings. The molecule has 0 aliphatic heterocycles. The molecule has 0 bridgehead atoms. The largest absolute Gasteiger partial charge is 0.481 e. The van der Waals surface area contributed by atoms with E-state index in [2.05, 4.69) is 0 Å². The van der Waals surface area contributed by atoms with E-state index in [9.17, 15) is 19.2 Å². The molecule has 0 aromatic carbocycles. The van der Waals surface area contributed by atoms with Crippen molar-refractivity contribution in [1.29, 1.82) is 0 Å². The van der Waals surface area contributed by atoms with Crippen molar-refractivity contribution < 1.29 is 39.6 Å². The minimum atomic E-state index is -1.42. The Morgan fingerprint density at radius 2 is 0.737 bits per heavy atom. The van der Waals surface area contributed by atoms with Gasteiger partial charge < -0.3 is 20.4 Å². The quantitative estimate of drug-likeness (QED) is 0.490. The Labute approximate surface area is 129 Å². The zero-order valence-corrected chi connectivity index (χ0v) is 12.1. The Morgan fingerprint density at radius 1 is 0.579 bits per heavy atom. The van der Waals surface area contributed by atoms with Crippen molar-refractivity contribution in [3.63, 3.8) is 0 Å². The summed E-state index contributed by atoms with van der Waals surface area (Å²) in [5, 5.41) is 35.5. The van der Waals surface area contributed by atoms with Crippen LogP contribution in [0.3, 0.4) is 0 Å². The van der Waals surface area contributed by atoms with E-state index in [4.69, 9.17) is 20.4 Å². The van der Waals surface area contributed by atoms with E-state index >= 15 is 0 Å². The molecule has 1 rings (SSSR count). The van der Waals surface area contributed by atoms with Crippen LogP contribution in [0.4, 0.5) is 0 Å². The Morgan fingerprint density at radius 3 is 0.842 bits per heavy atom. The van der Waals surface area contributed by atoms with Crippen LogP contribution < -0.4 is 0 Å². The van der Waals surface area contributed by atoms with Crippen LogP contribution in [-0.2, 0) is 19.2 Å². The first-order valence-corrected chi connectivity index (χ1v) is 5.17. The normalized spacial score (nSPS) is 29.9. The zero-order valence-electron chi connectivity index (χ0n) is 10.1. The number of rotatable bonds is 4. The third-order valence-electron chi connectivity index (χ3n) is 3.26. The summed E-state index contributed by atoms with van der Waals surface area (Å²) in [6.45, 7) is 0. The minimum absolute atomic E-state index is 0. The van der Waals surface area contributed by atoms with Crippen molar-refractivity contribution in [1.82, 2.24) is 0 Å². The smallest absolute Gasteiger partial charge is 0.307 e. The second-order valence-electron chi connectivity index (χ2n) is 4.25. The van der Waals surface area contributed by atoms with Crippen LogP contribution in [0, 0.1) is 23.7 Å². The summed E-state index contributed by atoms with van der Waals surface area (Å²) in [6.07, 6.45) is -0.975. The maximum Gasteiger partial charge on any atom is 0.307 e. The van der Waals surface area contributed by atoms with E-state index in [0.717, 1.165) is 0 Å². The van der Waals surface area contributed by atoms with Gasteiger partial charge in [0.15, 0.2) is 0 Å². The summed E-state index contributed by atoms with van der Waals surface area (Å²) in [4.78, 5) is 43.6. The molecule has 1 radical (unpaired) electrons. The van der Waals surface area contributed by atoms with Gasteiger partial charge in [-0.25, -0.2) is 0 Å². The molecule has 4 unspecified atom stereocenters. The number of carboxylic acid groups (broad SMARTS) is 4. The Bertz CT molecular complexity index is 332. The summed E-state index contributed by atoms with van der Waals surface area (Å²) < 4.78 is 0. The number of carboxylic acids is 4. The third-order valence-corrected chi connectivity index (χ3v) is 3.26. The molecule has 8 nitrogen and oxygen atoms in total. The van der Waals surface area contributed by atoms with Crippen molar-refractivity contribution in [2.45, 2.75) is 12.8 Å². The van der Waals surface area contributed by atoms with Crippen molar-refractivity contribution in [2.75, 3.05) is 0 Å². The third kappa shape index (κ3) is 3.92. The fourth-order valence-electron chi connectivity index (χ4n) is 2.30. The summed E-state index contributed by atoms with van der Waals surface area (Å²) in [5.41, 5.74) is 0. The first-order chi connectivity index (χ1) is 8.25. The molecule has 1 fully saturated rings. The Kier molecular flexibility index (Phi) is 6.47. The van der Waals surface area contributed by atoms with Crippen molar-refractivity contribution in [2.24, 2.45) is 23.7 Å². The monoisotopic (exact) mass is 283 g/mol. The molecule has 0 spiro atoms. The van der Waals surface area contributed by atoms with Crippen LogP contribution in [0.5, 0.6) is 0 Å². The zero-order chi connectivity index (χ0) is 14.0. The first-order valence-electron chi connectivity index (χ1n) is 5.17. The minimum Gasteiger partial charge on any atom is -0.481 e. The van der Waals surface area contributed by atoms with Crippen molar-refractivity contribution in [3.05, 3.63) is 0 Å². The van der Waals surface area contributed by atoms with Crippen LogP contribution in [0.15, 0.2) is 0 Å². The van der Waals surface area contributed by atoms with Gasteiger partial charge in [0, 0.05) is 29.6 Å². The van der Waals surface area contributed by atoms with E-state index in [-0.39, 0.29) is 29.6 Å². The van der Waals surface area contributed by atoms with Gasteiger partial charge in [0.25, 0.3) is 0 Å². The molecule has 0 saturated heterocycles. The molecule has 9 heteroatoms. The molecule has 19 heavy (non-hydrogen) atoms. The average molecular weight is 283 g/mol. The standard InChI is InChI=1S/C10H12O8.Na/c11-7(12)3-1-4(8(13)14)6(10(17)18)2-5(3)9(15)16;/h3-6H,1-2H2,(H,11,12)(H,13,14)(H,15,16)(H,17,18);. The van der Waals surface area contributed by atoms with Gasteiger partial charge in [-0.1, -0.05) is 0 Å². The van der Waals surface area contributed by atoms with Crippen LogP contribution in [0.2, 0.25) is 0 Å². The maximum atomic E-state index is 10.9. The number of aliphatic carboxylic acids is 4. The van der Waals surface area contributed by atoms with Crippen molar-refractivity contribution in [3.8, 4) is 0 Å². The average Bonchev–Trinajstić information content (AvgIpc) is 2.26. The first kappa shape index (κ1) is 17.9. The molecule has 4 atom stereocenters. The summed E-state index contributed by atoms with van der Waals surface area (Å²) in [5.74, 6) is -11.2. The van der Waals surface area contributed by atoms with Gasteiger partial charge in [-0.2, -0.15) is 0 Å². The topological polar surface area (TPSA) is 149 Å². The molecule has 0 heterocycles. The molecular formula is C10H12NaO8. The molecule has 101 valence electrons. The van der Waals surface area contributed by atoms with Gasteiger partial charge in [-0.3, -0.25) is 19.2 Å². The van der Waals surface area contributed by atoms with Crippen LogP contribution in [0.1, 0.15) is 12.8 Å². The molecular weight excluding hydrogens is 271 g/mol. The maximum absolute atomic E-state index is 10.9. The summed E-state index contributed by atoms with van der Waals surface area (Å²) in [7, 11) is 0. The Balaban J connectivity index is 0.00000324. The molecule has 1 saturated carbocycles. The van der Waals surface area contributed by atoms with E-state index in [1.165, 1.54) is 0 Å². The van der Waals surface area contributed by atoms with Crippen molar-refractivity contribution >= 4 is 53.4 Å². The molecule has 1 aliphatic rings. The van der Waals surface area contributed by atoms with Gasteiger partial charge in [0.2, 0.25) is 0 Å². The molecule has 1 aliphatic carbocycles. The van der Waals surface area contributed by atoms with Gasteiger partial charge in [-0.05, 0) is 12.8 Å². The molecule has 0 aromatic heterocycles. The fourth-order valence-corrected chi connectivity index (χ4v) is 2.30. The van der Waals surface area contributed by atoms with E-state index < -0.39 is 60.4 Å². The van der Waals surface area contributed by atoms with Gasteiger partial charge in [0.1, 0.15) is 0 Å². The Hall–Kier alpha value is -1.12. The predicted octanol–water partition coefficient (Wildman–Crippen LogP) is -0.797. The van der Waals surface area contributed by atoms with E-state index in [1.807, 2.05) is 0 Å². The fraction of sp³-hybridized carbons (Fsp3) is 0.600. The van der Waals surface area contributed by atoms with Crippen LogP contribution in [0.25, 0.3) is 0 Å². The second kappa shape index (κ2) is 6.88. The summed E-state index contributed by atoms with van der Waals surface area (Å²) >= 11 is 0. The van der Waals surface area contributed by atoms with Crippen LogP contribution in [-0.4, -0.2) is 73.9 Å². The van der Waals surface area contributed by atoms with E-state index in [1.54, 1.807) is 0 Å². The predicted molar refractivity (Wildman–Crippen MR) is 59.5 cm³/mol. The number of hydrogen-bond donors (Lipinski definition) is 4. The molecule has 0 amide bonds. The van der Waals surface area contributed by atoms with Gasteiger partial charge in [0.05, 0.1) is 23.7 Å². The number of carbonyl (C=O) groups is 4. The van der Waals surface area contributed by atoms with E-state index in [0.29, 0.717) is 0 Å². The SMILES string of the molecule is O=C(O)C1CC(C(=O)O)C(C(=O)O)CC1C(=O)O.[Na].